The molecule has 1 aliphatic heterocycles. The second kappa shape index (κ2) is 7.85. The number of hydrogen-bond donors (Lipinski definition) is 1. The van der Waals surface area contributed by atoms with Crippen molar-refractivity contribution in [2.75, 3.05) is 30.8 Å². The van der Waals surface area contributed by atoms with Gasteiger partial charge in [0.15, 0.2) is 10.4 Å². The van der Waals surface area contributed by atoms with Gasteiger partial charge in [0.2, 0.25) is 0 Å². The van der Waals surface area contributed by atoms with Gasteiger partial charge >= 0.3 is 0 Å². The Morgan fingerprint density at radius 2 is 2.29 bits per heavy atom. The van der Waals surface area contributed by atoms with Crippen LogP contribution < -0.4 is 15.0 Å². The number of fused-ring (bicyclic) bond motifs is 1. The molecular weight excluding hydrogens is 344 g/mol. The summed E-state index contributed by atoms with van der Waals surface area (Å²) in [6, 6.07) is 7.78. The number of rotatable bonds is 6. The summed E-state index contributed by atoms with van der Waals surface area (Å²) < 4.78 is 6.80. The molecule has 0 aliphatic carbocycles. The van der Waals surface area contributed by atoms with E-state index in [1.54, 1.807) is 23.1 Å². The van der Waals surface area contributed by atoms with Gasteiger partial charge in [-0.2, -0.15) is 0 Å². The summed E-state index contributed by atoms with van der Waals surface area (Å²) in [6.45, 7) is 3.14. The van der Waals surface area contributed by atoms with Crippen molar-refractivity contribution in [2.45, 2.75) is 23.8 Å². The molecule has 128 valence electrons. The molecule has 3 rings (SSSR count). The molecule has 2 aromatic rings. The number of benzene rings is 1. The number of hydrogen-bond acceptors (Lipinski definition) is 7. The van der Waals surface area contributed by atoms with E-state index in [0.29, 0.717) is 13.1 Å². The zero-order chi connectivity index (χ0) is 16.9. The number of carbonyl (C=O) groups excluding carboxylic acids is 1. The number of ether oxygens (including phenoxy) is 1. The van der Waals surface area contributed by atoms with Gasteiger partial charge in [0.05, 0.1) is 12.2 Å². The Bertz CT molecular complexity index is 707. The number of aromatic nitrogens is 2. The van der Waals surface area contributed by atoms with Crippen LogP contribution in [0.4, 0.5) is 5.69 Å². The zero-order valence-electron chi connectivity index (χ0n) is 13.7. The molecule has 0 radical (unpaired) electrons. The molecule has 24 heavy (non-hydrogen) atoms. The molecular formula is C16H20N4O2S2. The minimum absolute atomic E-state index is 0.0619. The summed E-state index contributed by atoms with van der Waals surface area (Å²) in [5, 5.41) is 12.0. The van der Waals surface area contributed by atoms with Crippen molar-refractivity contribution in [3.8, 4) is 5.75 Å². The Labute approximate surface area is 149 Å². The lowest BCUT2D eigenvalue weighted by molar-refractivity contribution is -0.127. The quantitative estimate of drug-likeness (QED) is 0.627. The normalized spacial score (nSPS) is 16.4. The Hall–Kier alpha value is -1.80. The van der Waals surface area contributed by atoms with E-state index >= 15 is 0 Å². The summed E-state index contributed by atoms with van der Waals surface area (Å²) >= 11 is 3.27. The van der Waals surface area contributed by atoms with Crippen LogP contribution >= 0.6 is 23.1 Å². The molecule has 0 saturated heterocycles. The fourth-order valence-electron chi connectivity index (χ4n) is 2.44. The minimum atomic E-state index is -0.469. The van der Waals surface area contributed by atoms with E-state index < -0.39 is 6.10 Å². The highest BCUT2D eigenvalue weighted by Crippen LogP contribution is 2.31. The van der Waals surface area contributed by atoms with Crippen LogP contribution in [0.5, 0.6) is 5.75 Å². The average molecular weight is 364 g/mol. The van der Waals surface area contributed by atoms with E-state index in [0.717, 1.165) is 33.0 Å². The van der Waals surface area contributed by atoms with Crippen molar-refractivity contribution in [1.82, 2.24) is 15.5 Å². The van der Waals surface area contributed by atoms with Gasteiger partial charge in [-0.1, -0.05) is 35.2 Å². The van der Waals surface area contributed by atoms with Crippen LogP contribution in [-0.2, 0) is 4.79 Å². The van der Waals surface area contributed by atoms with Gasteiger partial charge in [0, 0.05) is 19.3 Å². The highest BCUT2D eigenvalue weighted by atomic mass is 32.2. The zero-order valence-corrected chi connectivity index (χ0v) is 15.3. The van der Waals surface area contributed by atoms with Crippen LogP contribution in [-0.4, -0.2) is 48.1 Å². The second-order valence-corrected chi connectivity index (χ2v) is 8.06. The molecule has 6 nitrogen and oxygen atoms in total. The molecule has 1 aromatic carbocycles. The Balaban J connectivity index is 1.41. The highest BCUT2D eigenvalue weighted by Gasteiger charge is 2.28. The van der Waals surface area contributed by atoms with E-state index in [1.165, 1.54) is 0 Å². The van der Waals surface area contributed by atoms with E-state index in [9.17, 15) is 4.79 Å². The molecule has 8 heteroatoms. The summed E-state index contributed by atoms with van der Waals surface area (Å²) in [6.07, 6.45) is 0.414. The van der Waals surface area contributed by atoms with Gasteiger partial charge in [-0.25, -0.2) is 0 Å². The van der Waals surface area contributed by atoms with Gasteiger partial charge in [-0.05, 0) is 25.5 Å². The van der Waals surface area contributed by atoms with E-state index in [1.807, 2.05) is 38.2 Å². The standard InChI is InChI=1S/C16H20N4O2S2/c1-11-18-19-16(24-11)23-9-5-8-17-15(21)14-10-20(2)12-6-3-4-7-13(12)22-14/h3-4,6-7,14H,5,8-10H2,1-2H3,(H,17,21)/t14-/m1/s1. The molecule has 0 bridgehead atoms. The molecule has 0 saturated carbocycles. The van der Waals surface area contributed by atoms with Crippen molar-refractivity contribution in [1.29, 1.82) is 0 Å². The van der Waals surface area contributed by atoms with E-state index in [2.05, 4.69) is 20.4 Å². The maximum absolute atomic E-state index is 12.3. The number of aryl methyl sites for hydroxylation is 1. The Morgan fingerprint density at radius 3 is 3.08 bits per heavy atom. The molecule has 1 N–H and O–H groups in total. The van der Waals surface area contributed by atoms with E-state index in [-0.39, 0.29) is 5.91 Å². The fourth-order valence-corrected chi connectivity index (χ4v) is 4.27. The van der Waals surface area contributed by atoms with Crippen molar-refractivity contribution < 1.29 is 9.53 Å². The topological polar surface area (TPSA) is 67.4 Å². The second-order valence-electron chi connectivity index (χ2n) is 5.53. The van der Waals surface area contributed by atoms with Crippen molar-refractivity contribution in [2.24, 2.45) is 0 Å². The number of nitrogens with one attached hydrogen (secondary N) is 1. The predicted octanol–water partition coefficient (Wildman–Crippen LogP) is 2.34. The molecule has 1 amide bonds. The maximum atomic E-state index is 12.3. The van der Waals surface area contributed by atoms with Crippen molar-refractivity contribution in [3.63, 3.8) is 0 Å². The van der Waals surface area contributed by atoms with Crippen molar-refractivity contribution in [3.05, 3.63) is 29.3 Å². The lowest BCUT2D eigenvalue weighted by Crippen LogP contribution is -2.48. The Kier molecular flexibility index (Phi) is 5.57. The first kappa shape index (κ1) is 17.0. The largest absolute Gasteiger partial charge is 0.477 e. The third kappa shape index (κ3) is 4.18. The molecule has 0 unspecified atom stereocenters. The van der Waals surface area contributed by atoms with Gasteiger partial charge in [-0.15, -0.1) is 10.2 Å². The first-order chi connectivity index (χ1) is 11.6. The first-order valence-corrected chi connectivity index (χ1v) is 9.61. The van der Waals surface area contributed by atoms with Crippen LogP contribution in [0.1, 0.15) is 11.4 Å². The lowest BCUT2D eigenvalue weighted by Gasteiger charge is -2.32. The summed E-state index contributed by atoms with van der Waals surface area (Å²) in [5.41, 5.74) is 1.02. The Morgan fingerprint density at radius 1 is 1.46 bits per heavy atom. The molecule has 1 aliphatic rings. The van der Waals surface area contributed by atoms with Crippen LogP contribution in [0.2, 0.25) is 0 Å². The number of carbonyl (C=O) groups is 1. The third-order valence-corrected chi connectivity index (χ3v) is 5.69. The molecule has 1 aromatic heterocycles. The van der Waals surface area contributed by atoms with Crippen LogP contribution in [0, 0.1) is 6.92 Å². The third-order valence-electron chi connectivity index (χ3n) is 3.63. The summed E-state index contributed by atoms with van der Waals surface area (Å²) in [4.78, 5) is 14.4. The number of amides is 1. The molecule has 1 atom stereocenters. The van der Waals surface area contributed by atoms with Crippen molar-refractivity contribution >= 4 is 34.7 Å². The predicted molar refractivity (Wildman–Crippen MR) is 97.1 cm³/mol. The monoisotopic (exact) mass is 364 g/mol. The summed E-state index contributed by atoms with van der Waals surface area (Å²) in [7, 11) is 1.97. The minimum Gasteiger partial charge on any atom is -0.477 e. The average Bonchev–Trinajstić information content (AvgIpc) is 2.99. The van der Waals surface area contributed by atoms with Crippen LogP contribution in [0.15, 0.2) is 28.6 Å². The maximum Gasteiger partial charge on any atom is 0.262 e. The van der Waals surface area contributed by atoms with E-state index in [4.69, 9.17) is 4.74 Å². The number of thioether (sulfide) groups is 1. The lowest BCUT2D eigenvalue weighted by atomic mass is 10.2. The molecule has 0 spiro atoms. The first-order valence-electron chi connectivity index (χ1n) is 7.81. The molecule has 2 heterocycles. The molecule has 0 fully saturated rings. The number of para-hydroxylation sites is 2. The number of nitrogens with zero attached hydrogens (tertiary/aromatic N) is 3. The number of likely N-dealkylation sites (N-methyl/N-ethyl adjacent to an activating group) is 1. The highest BCUT2D eigenvalue weighted by molar-refractivity contribution is 8.01. The SMILES string of the molecule is Cc1nnc(SCCCNC(=O)[C@H]2CN(C)c3ccccc3O2)s1. The van der Waals surface area contributed by atoms with Crippen LogP contribution in [0.25, 0.3) is 0 Å². The fraction of sp³-hybridized carbons (Fsp3) is 0.438. The summed E-state index contributed by atoms with van der Waals surface area (Å²) in [5.74, 6) is 1.60. The van der Waals surface area contributed by atoms with Gasteiger partial charge in [-0.3, -0.25) is 4.79 Å². The van der Waals surface area contributed by atoms with Gasteiger partial charge in [0.25, 0.3) is 5.91 Å². The smallest absolute Gasteiger partial charge is 0.262 e. The van der Waals surface area contributed by atoms with Crippen LogP contribution in [0.3, 0.4) is 0 Å². The van der Waals surface area contributed by atoms with Gasteiger partial charge in [0.1, 0.15) is 10.8 Å². The number of anilines is 1. The van der Waals surface area contributed by atoms with Gasteiger partial charge < -0.3 is 15.0 Å².